The van der Waals surface area contributed by atoms with Crippen LogP contribution in [0.3, 0.4) is 0 Å². The Morgan fingerprint density at radius 2 is 1.87 bits per heavy atom. The SMILES string of the molecule is C\C=C/C=C\C(=C/C)C1=CCCC=C1C. The molecule has 0 aromatic carbocycles. The fourth-order valence-electron chi connectivity index (χ4n) is 1.76. The topological polar surface area (TPSA) is 0 Å². The zero-order valence-corrected chi connectivity index (χ0v) is 9.96. The van der Waals surface area contributed by atoms with Crippen molar-refractivity contribution in [3.05, 3.63) is 59.3 Å². The largest absolute Gasteiger partial charge is 0.0877 e. The summed E-state index contributed by atoms with van der Waals surface area (Å²) in [6.07, 6.45) is 17.6. The van der Waals surface area contributed by atoms with Gasteiger partial charge in [-0.25, -0.2) is 0 Å². The second-order valence-electron chi connectivity index (χ2n) is 3.71. The van der Waals surface area contributed by atoms with Crippen molar-refractivity contribution >= 4 is 0 Å². The van der Waals surface area contributed by atoms with E-state index < -0.39 is 0 Å². The molecule has 0 aliphatic heterocycles. The molecule has 0 N–H and O–H groups in total. The van der Waals surface area contributed by atoms with Crippen LogP contribution in [0.15, 0.2) is 59.3 Å². The predicted octanol–water partition coefficient (Wildman–Crippen LogP) is 4.73. The molecule has 0 nitrogen and oxygen atoms in total. The van der Waals surface area contributed by atoms with E-state index >= 15 is 0 Å². The second kappa shape index (κ2) is 6.23. The molecule has 0 heteroatoms. The van der Waals surface area contributed by atoms with E-state index in [9.17, 15) is 0 Å². The lowest BCUT2D eigenvalue weighted by Gasteiger charge is -2.13. The molecule has 0 aromatic rings. The van der Waals surface area contributed by atoms with Crippen molar-refractivity contribution in [3.8, 4) is 0 Å². The average Bonchev–Trinajstić information content (AvgIpc) is 2.26. The Hall–Kier alpha value is -1.30. The molecule has 0 spiro atoms. The Bertz CT molecular complexity index is 346. The van der Waals surface area contributed by atoms with Crippen LogP contribution in [0.25, 0.3) is 0 Å². The molecular formula is C15H20. The highest BCUT2D eigenvalue weighted by atomic mass is 14.1. The number of rotatable bonds is 3. The number of hydrogen-bond donors (Lipinski definition) is 0. The maximum absolute atomic E-state index is 2.34. The third-order valence-corrected chi connectivity index (χ3v) is 2.59. The molecule has 1 aliphatic rings. The molecule has 80 valence electrons. The normalized spacial score (nSPS) is 18.5. The van der Waals surface area contributed by atoms with Gasteiger partial charge in [0, 0.05) is 0 Å². The van der Waals surface area contributed by atoms with Gasteiger partial charge >= 0.3 is 0 Å². The van der Waals surface area contributed by atoms with Crippen LogP contribution < -0.4 is 0 Å². The van der Waals surface area contributed by atoms with E-state index in [2.05, 4.69) is 50.3 Å². The lowest BCUT2D eigenvalue weighted by atomic mass is 9.92. The van der Waals surface area contributed by atoms with Crippen molar-refractivity contribution < 1.29 is 0 Å². The third kappa shape index (κ3) is 3.39. The highest BCUT2D eigenvalue weighted by Crippen LogP contribution is 2.25. The van der Waals surface area contributed by atoms with Gasteiger partial charge in [0.05, 0.1) is 0 Å². The lowest BCUT2D eigenvalue weighted by Crippen LogP contribution is -1.94. The fraction of sp³-hybridized carbons (Fsp3) is 0.333. The van der Waals surface area contributed by atoms with E-state index in [1.165, 1.54) is 29.6 Å². The average molecular weight is 200 g/mol. The highest BCUT2D eigenvalue weighted by molar-refractivity contribution is 5.52. The minimum Gasteiger partial charge on any atom is -0.0877 e. The van der Waals surface area contributed by atoms with Crippen LogP contribution in [0.2, 0.25) is 0 Å². The van der Waals surface area contributed by atoms with E-state index in [0.717, 1.165) is 0 Å². The van der Waals surface area contributed by atoms with Crippen molar-refractivity contribution in [3.63, 3.8) is 0 Å². The summed E-state index contributed by atoms with van der Waals surface area (Å²) in [6.45, 7) is 6.32. The van der Waals surface area contributed by atoms with Crippen LogP contribution in [0.5, 0.6) is 0 Å². The van der Waals surface area contributed by atoms with Gasteiger partial charge < -0.3 is 0 Å². The van der Waals surface area contributed by atoms with E-state index in [0.29, 0.717) is 0 Å². The van der Waals surface area contributed by atoms with E-state index in [4.69, 9.17) is 0 Å². The zero-order chi connectivity index (χ0) is 11.1. The van der Waals surface area contributed by atoms with Crippen LogP contribution in [-0.4, -0.2) is 0 Å². The molecule has 0 unspecified atom stereocenters. The highest BCUT2D eigenvalue weighted by Gasteiger charge is 2.06. The van der Waals surface area contributed by atoms with Gasteiger partial charge in [0.2, 0.25) is 0 Å². The number of allylic oxidation sites excluding steroid dienone is 10. The maximum Gasteiger partial charge on any atom is -0.0201 e. The van der Waals surface area contributed by atoms with Gasteiger partial charge in [-0.3, -0.25) is 0 Å². The van der Waals surface area contributed by atoms with Crippen LogP contribution >= 0.6 is 0 Å². The molecule has 0 radical (unpaired) electrons. The van der Waals surface area contributed by atoms with Gasteiger partial charge in [-0.15, -0.1) is 0 Å². The van der Waals surface area contributed by atoms with Crippen molar-refractivity contribution in [2.75, 3.05) is 0 Å². The summed E-state index contributed by atoms with van der Waals surface area (Å²) in [6, 6.07) is 0. The van der Waals surface area contributed by atoms with Crippen LogP contribution in [0.1, 0.15) is 33.6 Å². The van der Waals surface area contributed by atoms with Gasteiger partial charge in [0.1, 0.15) is 0 Å². The van der Waals surface area contributed by atoms with E-state index in [1.54, 1.807) is 0 Å². The lowest BCUT2D eigenvalue weighted by molar-refractivity contribution is 0.996. The van der Waals surface area contributed by atoms with Gasteiger partial charge in [0.15, 0.2) is 0 Å². The van der Waals surface area contributed by atoms with Crippen molar-refractivity contribution in [1.29, 1.82) is 0 Å². The minimum atomic E-state index is 1.17. The molecule has 0 atom stereocenters. The molecule has 1 aliphatic carbocycles. The van der Waals surface area contributed by atoms with Crippen LogP contribution in [-0.2, 0) is 0 Å². The van der Waals surface area contributed by atoms with Gasteiger partial charge in [0.25, 0.3) is 0 Å². The molecule has 15 heavy (non-hydrogen) atoms. The van der Waals surface area contributed by atoms with Crippen LogP contribution in [0, 0.1) is 0 Å². The first-order valence-corrected chi connectivity index (χ1v) is 5.63. The maximum atomic E-state index is 2.34. The van der Waals surface area contributed by atoms with Crippen molar-refractivity contribution in [1.82, 2.24) is 0 Å². The summed E-state index contributed by atoms with van der Waals surface area (Å²) < 4.78 is 0. The first kappa shape index (κ1) is 11.8. The van der Waals surface area contributed by atoms with Crippen molar-refractivity contribution in [2.24, 2.45) is 0 Å². The van der Waals surface area contributed by atoms with Gasteiger partial charge in [-0.1, -0.05) is 42.5 Å². The Labute approximate surface area is 93.4 Å². The van der Waals surface area contributed by atoms with Gasteiger partial charge in [-0.05, 0) is 50.3 Å². The van der Waals surface area contributed by atoms with E-state index in [1.807, 2.05) is 13.0 Å². The second-order valence-corrected chi connectivity index (χ2v) is 3.71. The molecule has 1 rings (SSSR count). The first-order valence-electron chi connectivity index (χ1n) is 5.63. The summed E-state index contributed by atoms with van der Waals surface area (Å²) >= 11 is 0. The Kier molecular flexibility index (Phi) is 4.89. The van der Waals surface area contributed by atoms with Gasteiger partial charge in [-0.2, -0.15) is 0 Å². The monoisotopic (exact) mass is 200 g/mol. The summed E-state index contributed by atoms with van der Waals surface area (Å²) in [4.78, 5) is 0. The summed E-state index contributed by atoms with van der Waals surface area (Å²) in [7, 11) is 0. The smallest absolute Gasteiger partial charge is 0.0201 e. The quantitative estimate of drug-likeness (QED) is 0.578. The molecule has 0 saturated carbocycles. The third-order valence-electron chi connectivity index (χ3n) is 2.59. The standard InChI is InChI=1S/C15H20/c1-4-6-7-11-14(5-2)15-12-9-8-10-13(15)3/h4-7,10-12H,8-9H2,1-3H3/b6-4-,11-7-,14-5+. The fourth-order valence-corrected chi connectivity index (χ4v) is 1.76. The first-order chi connectivity index (χ1) is 7.29. The molecule has 0 heterocycles. The van der Waals surface area contributed by atoms with Crippen molar-refractivity contribution in [2.45, 2.75) is 33.6 Å². The molecule has 0 fully saturated rings. The van der Waals surface area contributed by atoms with Crippen LogP contribution in [0.4, 0.5) is 0 Å². The predicted molar refractivity (Wildman–Crippen MR) is 68.8 cm³/mol. The molecule has 0 aromatic heterocycles. The molecule has 0 bridgehead atoms. The molecule has 0 saturated heterocycles. The van der Waals surface area contributed by atoms with E-state index in [-0.39, 0.29) is 0 Å². The molecular weight excluding hydrogens is 180 g/mol. The Morgan fingerprint density at radius 3 is 2.47 bits per heavy atom. The minimum absolute atomic E-state index is 1.17. The zero-order valence-electron chi connectivity index (χ0n) is 9.96. The summed E-state index contributed by atoms with van der Waals surface area (Å²) in [5.41, 5.74) is 4.12. The summed E-state index contributed by atoms with van der Waals surface area (Å²) in [5.74, 6) is 0. The molecule has 0 amide bonds. The Balaban J connectivity index is 2.84. The Morgan fingerprint density at radius 1 is 1.13 bits per heavy atom. The number of hydrogen-bond acceptors (Lipinski definition) is 0. The summed E-state index contributed by atoms with van der Waals surface area (Å²) in [5, 5.41) is 0.